The van der Waals surface area contributed by atoms with Crippen molar-refractivity contribution in [2.24, 2.45) is 0 Å². The minimum absolute atomic E-state index is 0.00714. The predicted octanol–water partition coefficient (Wildman–Crippen LogP) is 2.83. The maximum Gasteiger partial charge on any atom is 0.261 e. The second kappa shape index (κ2) is 7.94. The van der Waals surface area contributed by atoms with Crippen LogP contribution in [0.3, 0.4) is 0 Å². The third-order valence-corrected chi connectivity index (χ3v) is 4.86. The lowest BCUT2D eigenvalue weighted by atomic mass is 10.1. The van der Waals surface area contributed by atoms with Crippen molar-refractivity contribution in [2.75, 3.05) is 11.3 Å². The molecule has 0 aliphatic heterocycles. The van der Waals surface area contributed by atoms with Crippen LogP contribution in [0.2, 0.25) is 0 Å². The van der Waals surface area contributed by atoms with Gasteiger partial charge in [-0.05, 0) is 55.8 Å². The minimum atomic E-state index is -3.84. The van der Waals surface area contributed by atoms with Gasteiger partial charge in [0.2, 0.25) is 0 Å². The van der Waals surface area contributed by atoms with E-state index in [1.54, 1.807) is 18.2 Å². The smallest absolute Gasteiger partial charge is 0.261 e. The number of benzene rings is 2. The standard InChI is InChI=1S/C18H20N2O4S/c1-3-11-19-18(22)15-5-4-6-17(12-15)25(23,24)20-16-9-7-14(8-10-16)13(2)21/h4-10,12,20H,3,11H2,1-2H3,(H,19,22). The molecule has 132 valence electrons. The van der Waals surface area contributed by atoms with E-state index >= 15 is 0 Å². The molecule has 2 aromatic carbocycles. The summed E-state index contributed by atoms with van der Waals surface area (Å²) < 4.78 is 27.4. The number of anilines is 1. The lowest BCUT2D eigenvalue weighted by Gasteiger charge is -2.10. The molecule has 0 unspecified atom stereocenters. The van der Waals surface area contributed by atoms with Crippen LogP contribution in [0.4, 0.5) is 5.69 Å². The Hall–Kier alpha value is -2.67. The van der Waals surface area contributed by atoms with E-state index in [4.69, 9.17) is 0 Å². The summed E-state index contributed by atoms with van der Waals surface area (Å²) in [7, 11) is -3.84. The highest BCUT2D eigenvalue weighted by atomic mass is 32.2. The molecule has 0 heterocycles. The fourth-order valence-corrected chi connectivity index (χ4v) is 3.24. The Morgan fingerprint density at radius 3 is 2.28 bits per heavy atom. The predicted molar refractivity (Wildman–Crippen MR) is 96.3 cm³/mol. The topological polar surface area (TPSA) is 92.3 Å². The Labute approximate surface area is 147 Å². The third-order valence-electron chi connectivity index (χ3n) is 3.49. The number of hydrogen-bond donors (Lipinski definition) is 2. The van der Waals surface area contributed by atoms with Crippen molar-refractivity contribution < 1.29 is 18.0 Å². The van der Waals surface area contributed by atoms with Crippen LogP contribution < -0.4 is 10.0 Å². The lowest BCUT2D eigenvalue weighted by Crippen LogP contribution is -2.24. The van der Waals surface area contributed by atoms with Crippen molar-refractivity contribution in [3.05, 3.63) is 59.7 Å². The normalized spacial score (nSPS) is 11.0. The van der Waals surface area contributed by atoms with Crippen LogP contribution in [0.15, 0.2) is 53.4 Å². The van der Waals surface area contributed by atoms with E-state index in [0.717, 1.165) is 6.42 Å². The van der Waals surface area contributed by atoms with Gasteiger partial charge in [-0.1, -0.05) is 13.0 Å². The van der Waals surface area contributed by atoms with E-state index in [-0.39, 0.29) is 22.1 Å². The van der Waals surface area contributed by atoms with Gasteiger partial charge in [0.1, 0.15) is 0 Å². The van der Waals surface area contributed by atoms with Gasteiger partial charge in [0.05, 0.1) is 4.90 Å². The first-order valence-electron chi connectivity index (χ1n) is 7.85. The van der Waals surface area contributed by atoms with Crippen molar-refractivity contribution in [1.82, 2.24) is 5.32 Å². The van der Waals surface area contributed by atoms with Gasteiger partial charge in [0, 0.05) is 23.4 Å². The van der Waals surface area contributed by atoms with Crippen LogP contribution in [0.25, 0.3) is 0 Å². The van der Waals surface area contributed by atoms with E-state index in [1.807, 2.05) is 6.92 Å². The van der Waals surface area contributed by atoms with Crippen LogP contribution in [0, 0.1) is 0 Å². The van der Waals surface area contributed by atoms with Crippen molar-refractivity contribution in [2.45, 2.75) is 25.2 Å². The van der Waals surface area contributed by atoms with Crippen molar-refractivity contribution in [3.63, 3.8) is 0 Å². The Balaban J connectivity index is 2.21. The largest absolute Gasteiger partial charge is 0.352 e. The molecule has 2 N–H and O–H groups in total. The zero-order valence-corrected chi connectivity index (χ0v) is 14.9. The number of carbonyl (C=O) groups is 2. The fourth-order valence-electron chi connectivity index (χ4n) is 2.13. The number of Topliss-reactive ketones (excluding diaryl/α,β-unsaturated/α-hetero) is 1. The number of nitrogens with one attached hydrogen (secondary N) is 2. The summed E-state index contributed by atoms with van der Waals surface area (Å²) in [5.74, 6) is -0.412. The summed E-state index contributed by atoms with van der Waals surface area (Å²) in [5.41, 5.74) is 1.12. The molecular formula is C18H20N2O4S. The van der Waals surface area contributed by atoms with Gasteiger partial charge >= 0.3 is 0 Å². The molecule has 0 aliphatic carbocycles. The van der Waals surface area contributed by atoms with Gasteiger partial charge in [0.25, 0.3) is 15.9 Å². The maximum absolute atomic E-state index is 12.5. The monoisotopic (exact) mass is 360 g/mol. The molecule has 0 radical (unpaired) electrons. The highest BCUT2D eigenvalue weighted by Crippen LogP contribution is 2.18. The zero-order valence-electron chi connectivity index (χ0n) is 14.1. The average Bonchev–Trinajstić information content (AvgIpc) is 2.60. The SMILES string of the molecule is CCCNC(=O)c1cccc(S(=O)(=O)Nc2ccc(C(C)=O)cc2)c1. The van der Waals surface area contributed by atoms with Crippen LogP contribution in [0.1, 0.15) is 41.0 Å². The maximum atomic E-state index is 12.5. The molecule has 0 saturated carbocycles. The second-order valence-corrected chi connectivity index (χ2v) is 7.21. The van der Waals surface area contributed by atoms with E-state index in [0.29, 0.717) is 17.8 Å². The number of sulfonamides is 1. The summed E-state index contributed by atoms with van der Waals surface area (Å²) in [6.07, 6.45) is 0.793. The summed E-state index contributed by atoms with van der Waals surface area (Å²) in [4.78, 5) is 23.2. The molecule has 6 nitrogen and oxygen atoms in total. The lowest BCUT2D eigenvalue weighted by molar-refractivity contribution is 0.0952. The summed E-state index contributed by atoms with van der Waals surface area (Å²) in [5, 5.41) is 2.71. The molecular weight excluding hydrogens is 340 g/mol. The molecule has 7 heteroatoms. The molecule has 0 atom stereocenters. The van der Waals surface area contributed by atoms with Gasteiger partial charge in [-0.25, -0.2) is 8.42 Å². The van der Waals surface area contributed by atoms with Crippen LogP contribution in [0.5, 0.6) is 0 Å². The quantitative estimate of drug-likeness (QED) is 0.743. The first-order valence-corrected chi connectivity index (χ1v) is 9.34. The molecule has 1 amide bonds. The summed E-state index contributed by atoms with van der Waals surface area (Å²) in [6, 6.07) is 12.0. The highest BCUT2D eigenvalue weighted by Gasteiger charge is 2.16. The van der Waals surface area contributed by atoms with Gasteiger partial charge in [-0.2, -0.15) is 0 Å². The minimum Gasteiger partial charge on any atom is -0.352 e. The summed E-state index contributed by atoms with van der Waals surface area (Å²) in [6.45, 7) is 3.90. The molecule has 0 fully saturated rings. The molecule has 0 bridgehead atoms. The van der Waals surface area contributed by atoms with Crippen LogP contribution in [-0.4, -0.2) is 26.7 Å². The van der Waals surface area contributed by atoms with E-state index in [9.17, 15) is 18.0 Å². The van der Waals surface area contributed by atoms with Gasteiger partial charge < -0.3 is 5.32 Å². The van der Waals surface area contributed by atoms with Gasteiger partial charge in [-0.15, -0.1) is 0 Å². The molecule has 0 saturated heterocycles. The number of ketones is 1. The molecule has 2 rings (SSSR count). The Bertz CT molecular complexity index is 874. The van der Waals surface area contributed by atoms with Gasteiger partial charge in [0.15, 0.2) is 5.78 Å². The van der Waals surface area contributed by atoms with Crippen molar-refractivity contribution in [3.8, 4) is 0 Å². The number of amides is 1. The third kappa shape index (κ3) is 4.90. The van der Waals surface area contributed by atoms with Crippen LogP contribution in [-0.2, 0) is 10.0 Å². The Kier molecular flexibility index (Phi) is 5.93. The Morgan fingerprint density at radius 2 is 1.68 bits per heavy atom. The first-order chi connectivity index (χ1) is 11.8. The second-order valence-electron chi connectivity index (χ2n) is 5.52. The molecule has 2 aromatic rings. The van der Waals surface area contributed by atoms with E-state index in [1.165, 1.54) is 37.3 Å². The average molecular weight is 360 g/mol. The van der Waals surface area contributed by atoms with E-state index in [2.05, 4.69) is 10.0 Å². The number of carbonyl (C=O) groups excluding carboxylic acids is 2. The van der Waals surface area contributed by atoms with Crippen LogP contribution >= 0.6 is 0 Å². The fraction of sp³-hybridized carbons (Fsp3) is 0.222. The number of rotatable bonds is 7. The van der Waals surface area contributed by atoms with Crippen molar-refractivity contribution >= 4 is 27.4 Å². The zero-order chi connectivity index (χ0) is 18.4. The number of hydrogen-bond acceptors (Lipinski definition) is 4. The Morgan fingerprint density at radius 1 is 1.00 bits per heavy atom. The molecule has 25 heavy (non-hydrogen) atoms. The molecule has 0 aliphatic rings. The molecule has 0 spiro atoms. The summed E-state index contributed by atoms with van der Waals surface area (Å²) >= 11 is 0. The van der Waals surface area contributed by atoms with E-state index < -0.39 is 10.0 Å². The molecule has 0 aromatic heterocycles. The van der Waals surface area contributed by atoms with Crippen molar-refractivity contribution in [1.29, 1.82) is 0 Å². The first kappa shape index (κ1) is 18.7. The highest BCUT2D eigenvalue weighted by molar-refractivity contribution is 7.92. The van der Waals surface area contributed by atoms with Gasteiger partial charge in [-0.3, -0.25) is 14.3 Å².